The van der Waals surface area contributed by atoms with E-state index in [0.29, 0.717) is 23.4 Å². The standard InChI is InChI=1S/C26H30ClN3O2/c1-4-6-16(7-5-2)18-10-11-20(27)23-25(18)29(3)26(28-23)32-21-12-8-17-9-13-22(31)30-15-14-19(21)24(17)30/h8,10-12,16H,4-7,9,13-15H2,1-3H3. The van der Waals surface area contributed by atoms with Crippen molar-refractivity contribution in [1.82, 2.24) is 9.55 Å². The predicted octanol–water partition coefficient (Wildman–Crippen LogP) is 6.54. The summed E-state index contributed by atoms with van der Waals surface area (Å²) in [6.45, 7) is 5.21. The molecule has 6 heteroatoms. The number of aryl methyl sites for hydroxylation is 2. The number of fused-ring (bicyclic) bond motifs is 1. The van der Waals surface area contributed by atoms with Crippen LogP contribution < -0.4 is 9.64 Å². The van der Waals surface area contributed by atoms with Crippen molar-refractivity contribution in [2.45, 2.75) is 64.7 Å². The van der Waals surface area contributed by atoms with Crippen molar-refractivity contribution in [3.05, 3.63) is 46.0 Å². The molecule has 168 valence electrons. The van der Waals surface area contributed by atoms with Crippen LogP contribution >= 0.6 is 11.6 Å². The van der Waals surface area contributed by atoms with Gasteiger partial charge in [-0.3, -0.25) is 9.36 Å². The molecule has 0 saturated heterocycles. The van der Waals surface area contributed by atoms with Crippen LogP contribution in [0.1, 0.15) is 68.6 Å². The van der Waals surface area contributed by atoms with Gasteiger partial charge in [-0.25, -0.2) is 0 Å². The lowest BCUT2D eigenvalue weighted by Crippen LogP contribution is -2.32. The Morgan fingerprint density at radius 1 is 1.09 bits per heavy atom. The van der Waals surface area contributed by atoms with Crippen LogP contribution in [0.2, 0.25) is 5.02 Å². The molecular weight excluding hydrogens is 422 g/mol. The van der Waals surface area contributed by atoms with Gasteiger partial charge in [0.1, 0.15) is 11.3 Å². The molecule has 0 radical (unpaired) electrons. The van der Waals surface area contributed by atoms with Crippen molar-refractivity contribution >= 4 is 34.2 Å². The summed E-state index contributed by atoms with van der Waals surface area (Å²) in [6, 6.07) is 8.80. The largest absolute Gasteiger partial charge is 0.425 e. The molecule has 0 fully saturated rings. The second-order valence-corrected chi connectivity index (χ2v) is 9.42. The number of aromatic nitrogens is 2. The minimum atomic E-state index is 0.213. The van der Waals surface area contributed by atoms with Crippen molar-refractivity contribution < 1.29 is 9.53 Å². The number of amides is 1. The Bertz CT molecular complexity index is 1190. The lowest BCUT2D eigenvalue weighted by atomic mass is 9.89. The van der Waals surface area contributed by atoms with Crippen LogP contribution in [-0.4, -0.2) is 22.0 Å². The molecule has 0 aliphatic carbocycles. The molecule has 5 nitrogen and oxygen atoms in total. The zero-order valence-electron chi connectivity index (χ0n) is 19.1. The molecule has 1 aromatic heterocycles. The van der Waals surface area contributed by atoms with Crippen LogP contribution in [0.25, 0.3) is 11.0 Å². The molecule has 2 aliphatic heterocycles. The van der Waals surface area contributed by atoms with E-state index >= 15 is 0 Å². The van der Waals surface area contributed by atoms with Gasteiger partial charge in [0.25, 0.3) is 0 Å². The molecule has 32 heavy (non-hydrogen) atoms. The Morgan fingerprint density at radius 3 is 2.62 bits per heavy atom. The highest BCUT2D eigenvalue weighted by atomic mass is 35.5. The average molecular weight is 452 g/mol. The third-order valence-corrected chi connectivity index (χ3v) is 7.27. The van der Waals surface area contributed by atoms with Gasteiger partial charge in [-0.05, 0) is 54.9 Å². The minimum Gasteiger partial charge on any atom is -0.425 e. The summed E-state index contributed by atoms with van der Waals surface area (Å²) >= 11 is 6.58. The van der Waals surface area contributed by atoms with Crippen molar-refractivity contribution in [2.75, 3.05) is 11.4 Å². The van der Waals surface area contributed by atoms with Crippen LogP contribution in [0, 0.1) is 0 Å². The van der Waals surface area contributed by atoms with Gasteiger partial charge in [0.2, 0.25) is 5.91 Å². The first-order chi connectivity index (χ1) is 15.5. The molecule has 1 amide bonds. The minimum absolute atomic E-state index is 0.213. The first-order valence-electron chi connectivity index (χ1n) is 11.8. The second kappa shape index (κ2) is 8.43. The summed E-state index contributed by atoms with van der Waals surface area (Å²) < 4.78 is 8.45. The SMILES string of the molecule is CCCC(CCC)c1ccc(Cl)c2nc(Oc3ccc4c5c3CCN5C(=O)CC4)n(C)c12. The molecule has 3 heterocycles. The highest BCUT2D eigenvalue weighted by Gasteiger charge is 2.33. The Morgan fingerprint density at radius 2 is 1.88 bits per heavy atom. The summed E-state index contributed by atoms with van der Waals surface area (Å²) in [4.78, 5) is 19.1. The number of halogens is 1. The fraction of sp³-hybridized carbons (Fsp3) is 0.462. The molecular formula is C26H30ClN3O2. The quantitative estimate of drug-likeness (QED) is 0.409. The van der Waals surface area contributed by atoms with E-state index in [2.05, 4.69) is 26.0 Å². The van der Waals surface area contributed by atoms with Gasteiger partial charge in [-0.15, -0.1) is 0 Å². The molecule has 0 unspecified atom stereocenters. The molecule has 2 aromatic carbocycles. The normalized spacial score (nSPS) is 15.2. The predicted molar refractivity (Wildman–Crippen MR) is 129 cm³/mol. The van der Waals surface area contributed by atoms with E-state index in [1.165, 1.54) is 11.1 Å². The van der Waals surface area contributed by atoms with Gasteiger partial charge in [0, 0.05) is 25.6 Å². The zero-order valence-corrected chi connectivity index (χ0v) is 19.8. The Kier molecular flexibility index (Phi) is 5.62. The van der Waals surface area contributed by atoms with Crippen LogP contribution in [0.5, 0.6) is 11.8 Å². The number of imidazole rings is 1. The topological polar surface area (TPSA) is 47.4 Å². The molecule has 0 saturated carbocycles. The van der Waals surface area contributed by atoms with Crippen LogP contribution in [0.15, 0.2) is 24.3 Å². The third kappa shape index (κ3) is 3.38. The Hall–Kier alpha value is -2.53. The van der Waals surface area contributed by atoms with E-state index in [-0.39, 0.29) is 5.91 Å². The number of ether oxygens (including phenoxy) is 1. The number of rotatable bonds is 7. The zero-order chi connectivity index (χ0) is 22.4. The Balaban J connectivity index is 1.58. The van der Waals surface area contributed by atoms with Crippen LogP contribution in [-0.2, 0) is 24.7 Å². The lowest BCUT2D eigenvalue weighted by Gasteiger charge is -2.25. The first-order valence-corrected chi connectivity index (χ1v) is 12.2. The fourth-order valence-corrected chi connectivity index (χ4v) is 5.66. The van der Waals surface area contributed by atoms with E-state index in [0.717, 1.165) is 73.1 Å². The Labute approximate surface area is 194 Å². The highest BCUT2D eigenvalue weighted by Crippen LogP contribution is 2.43. The molecule has 0 N–H and O–H groups in total. The van der Waals surface area contributed by atoms with Gasteiger partial charge in [-0.1, -0.05) is 50.4 Å². The number of benzene rings is 2. The summed E-state index contributed by atoms with van der Waals surface area (Å²) in [5.74, 6) is 1.48. The fourth-order valence-electron chi connectivity index (χ4n) is 5.47. The molecule has 0 spiro atoms. The monoisotopic (exact) mass is 451 g/mol. The number of carbonyl (C=O) groups is 1. The summed E-state index contributed by atoms with van der Waals surface area (Å²) in [5.41, 5.74) is 6.56. The van der Waals surface area contributed by atoms with E-state index in [9.17, 15) is 4.79 Å². The number of hydrogen-bond acceptors (Lipinski definition) is 3. The van der Waals surface area contributed by atoms with E-state index in [4.69, 9.17) is 21.3 Å². The number of hydrogen-bond donors (Lipinski definition) is 0. The van der Waals surface area contributed by atoms with Gasteiger partial charge in [0.05, 0.1) is 16.2 Å². The molecule has 0 atom stereocenters. The highest BCUT2D eigenvalue weighted by molar-refractivity contribution is 6.35. The first kappa shape index (κ1) is 21.3. The van der Waals surface area contributed by atoms with Gasteiger partial charge >= 0.3 is 6.01 Å². The molecule has 3 aromatic rings. The number of carbonyl (C=O) groups excluding carboxylic acids is 1. The molecule has 5 rings (SSSR count). The molecule has 0 bridgehead atoms. The van der Waals surface area contributed by atoms with Crippen molar-refractivity contribution in [2.24, 2.45) is 7.05 Å². The van der Waals surface area contributed by atoms with Gasteiger partial charge < -0.3 is 9.64 Å². The summed E-state index contributed by atoms with van der Waals surface area (Å²) in [5, 5.41) is 0.646. The summed E-state index contributed by atoms with van der Waals surface area (Å²) in [6.07, 6.45) is 6.78. The van der Waals surface area contributed by atoms with E-state index < -0.39 is 0 Å². The van der Waals surface area contributed by atoms with Gasteiger partial charge in [-0.2, -0.15) is 4.98 Å². The summed E-state index contributed by atoms with van der Waals surface area (Å²) in [7, 11) is 2.01. The maximum atomic E-state index is 12.4. The van der Waals surface area contributed by atoms with Crippen LogP contribution in [0.4, 0.5) is 5.69 Å². The number of nitrogens with zero attached hydrogens (tertiary/aromatic N) is 3. The van der Waals surface area contributed by atoms with E-state index in [1.807, 2.05) is 28.6 Å². The lowest BCUT2D eigenvalue weighted by molar-refractivity contribution is -0.118. The van der Waals surface area contributed by atoms with Crippen molar-refractivity contribution in [3.63, 3.8) is 0 Å². The van der Waals surface area contributed by atoms with Crippen molar-refractivity contribution in [1.29, 1.82) is 0 Å². The van der Waals surface area contributed by atoms with Crippen LogP contribution in [0.3, 0.4) is 0 Å². The number of anilines is 1. The van der Waals surface area contributed by atoms with E-state index in [1.54, 1.807) is 0 Å². The average Bonchev–Trinajstić information content (AvgIpc) is 3.37. The maximum absolute atomic E-state index is 12.4. The third-order valence-electron chi connectivity index (χ3n) is 6.97. The smallest absolute Gasteiger partial charge is 0.302 e. The molecule has 2 aliphatic rings. The maximum Gasteiger partial charge on any atom is 0.302 e. The second-order valence-electron chi connectivity index (χ2n) is 9.01. The van der Waals surface area contributed by atoms with Gasteiger partial charge in [0.15, 0.2) is 0 Å². The van der Waals surface area contributed by atoms with Crippen molar-refractivity contribution in [3.8, 4) is 11.8 Å².